The smallest absolute Gasteiger partial charge is 0.176 e. The number of hydrogen-bond acceptors (Lipinski definition) is 2. The van der Waals surface area contributed by atoms with Crippen LogP contribution in [0.15, 0.2) is 54.6 Å². The molecule has 0 unspecified atom stereocenters. The average molecular weight is 328 g/mol. The van der Waals surface area contributed by atoms with E-state index in [2.05, 4.69) is 30.6 Å². The number of hydrogen-bond donors (Lipinski definition) is 1. The van der Waals surface area contributed by atoms with E-state index in [1.807, 2.05) is 42.5 Å². The Morgan fingerprint density at radius 2 is 1.52 bits per heavy atom. The topological polar surface area (TPSA) is 23.5 Å². The highest BCUT2D eigenvalue weighted by Gasteiger charge is 2.29. The monoisotopic (exact) mass is 327 g/mol. The molecule has 2 nitrogen and oxygen atoms in total. The Balaban J connectivity index is 2.40. The summed E-state index contributed by atoms with van der Waals surface area (Å²) in [5, 5.41) is 11.9. The van der Waals surface area contributed by atoms with E-state index in [9.17, 15) is 5.11 Å². The summed E-state index contributed by atoms with van der Waals surface area (Å²) < 4.78 is 0. The van der Waals surface area contributed by atoms with Crippen molar-refractivity contribution >= 4 is 11.6 Å². The first-order valence-corrected chi connectivity index (χ1v) is 8.24. The lowest BCUT2D eigenvalue weighted by Gasteiger charge is -2.24. The molecule has 2 aromatic carbocycles. The quantitative estimate of drug-likeness (QED) is 0.841. The molecule has 0 fully saturated rings. The highest BCUT2D eigenvalue weighted by Crippen LogP contribution is 2.29. The van der Waals surface area contributed by atoms with Gasteiger partial charge in [0.15, 0.2) is 5.60 Å². The Morgan fingerprint density at radius 3 is 2.09 bits per heavy atom. The Bertz CT molecular complexity index is 668. The second-order valence-corrected chi connectivity index (χ2v) is 5.78. The van der Waals surface area contributed by atoms with Gasteiger partial charge in [-0.15, -0.1) is 0 Å². The Kier molecular flexibility index (Phi) is 6.24. The molecule has 0 amide bonds. The summed E-state index contributed by atoms with van der Waals surface area (Å²) in [6, 6.07) is 16.7. The first-order valence-electron chi connectivity index (χ1n) is 7.86. The number of benzene rings is 2. The van der Waals surface area contributed by atoms with E-state index in [-0.39, 0.29) is 0 Å². The summed E-state index contributed by atoms with van der Waals surface area (Å²) >= 11 is 5.97. The molecule has 0 saturated carbocycles. The standard InChI is InChI=1S/C20H22ClNO/c1-3-22(4-2)16-8-15-20(23,17-9-6-5-7-10-17)18-11-13-19(21)14-12-18/h5-7,9-14,23H,3-4,16H2,1-2H3/t20-/m1/s1. The second kappa shape index (κ2) is 8.17. The molecule has 0 aliphatic heterocycles. The molecule has 0 aliphatic carbocycles. The molecule has 0 aromatic heterocycles. The maximum atomic E-state index is 11.3. The lowest BCUT2D eigenvalue weighted by molar-refractivity contribution is 0.145. The van der Waals surface area contributed by atoms with Crippen molar-refractivity contribution in [1.29, 1.82) is 0 Å². The van der Waals surface area contributed by atoms with Gasteiger partial charge < -0.3 is 5.11 Å². The highest BCUT2D eigenvalue weighted by atomic mass is 35.5. The van der Waals surface area contributed by atoms with Crippen LogP contribution in [0.4, 0.5) is 0 Å². The van der Waals surface area contributed by atoms with Crippen LogP contribution in [0.2, 0.25) is 5.02 Å². The van der Waals surface area contributed by atoms with Crippen molar-refractivity contribution in [2.75, 3.05) is 19.6 Å². The number of rotatable bonds is 5. The third kappa shape index (κ3) is 4.36. The third-order valence-corrected chi connectivity index (χ3v) is 4.17. The Morgan fingerprint density at radius 1 is 0.957 bits per heavy atom. The van der Waals surface area contributed by atoms with Gasteiger partial charge in [0.05, 0.1) is 6.54 Å². The van der Waals surface area contributed by atoms with E-state index < -0.39 is 5.60 Å². The summed E-state index contributed by atoms with van der Waals surface area (Å²) in [5.74, 6) is 6.20. The van der Waals surface area contributed by atoms with Crippen LogP contribution in [0.1, 0.15) is 25.0 Å². The van der Waals surface area contributed by atoms with Crippen LogP contribution in [0.5, 0.6) is 0 Å². The van der Waals surface area contributed by atoms with Crippen LogP contribution >= 0.6 is 11.6 Å². The Labute approximate surface area is 143 Å². The minimum Gasteiger partial charge on any atom is -0.369 e. The molecule has 1 atom stereocenters. The zero-order valence-corrected chi connectivity index (χ0v) is 14.3. The third-order valence-electron chi connectivity index (χ3n) is 3.92. The van der Waals surface area contributed by atoms with Crippen LogP contribution in [-0.4, -0.2) is 29.6 Å². The SMILES string of the molecule is CCN(CC)CC#C[C@@](O)(c1ccccc1)c1ccc(Cl)cc1. The van der Waals surface area contributed by atoms with Gasteiger partial charge in [-0.1, -0.05) is 79.8 Å². The molecule has 2 rings (SSSR count). The van der Waals surface area contributed by atoms with E-state index >= 15 is 0 Å². The Hall–Kier alpha value is -1.79. The number of nitrogens with zero attached hydrogens (tertiary/aromatic N) is 1. The van der Waals surface area contributed by atoms with Crippen LogP contribution in [0.25, 0.3) is 0 Å². The molecule has 0 spiro atoms. The highest BCUT2D eigenvalue weighted by molar-refractivity contribution is 6.30. The fraction of sp³-hybridized carbons (Fsp3) is 0.300. The minimum atomic E-state index is -1.33. The largest absolute Gasteiger partial charge is 0.369 e. The lowest BCUT2D eigenvalue weighted by atomic mass is 9.87. The predicted molar refractivity (Wildman–Crippen MR) is 96.5 cm³/mol. The molecule has 120 valence electrons. The lowest BCUT2D eigenvalue weighted by Crippen LogP contribution is -2.27. The van der Waals surface area contributed by atoms with Gasteiger partial charge in [-0.3, -0.25) is 4.90 Å². The predicted octanol–water partition coefficient (Wildman–Crippen LogP) is 3.92. The fourth-order valence-electron chi connectivity index (χ4n) is 2.41. The summed E-state index contributed by atoms with van der Waals surface area (Å²) in [6.45, 7) is 6.73. The zero-order chi connectivity index (χ0) is 16.7. The van der Waals surface area contributed by atoms with Crippen molar-refractivity contribution < 1.29 is 5.11 Å². The second-order valence-electron chi connectivity index (χ2n) is 5.35. The molecule has 2 aromatic rings. The van der Waals surface area contributed by atoms with Gasteiger partial charge in [-0.2, -0.15) is 0 Å². The van der Waals surface area contributed by atoms with Crippen LogP contribution in [-0.2, 0) is 5.60 Å². The maximum Gasteiger partial charge on any atom is 0.176 e. The van der Waals surface area contributed by atoms with Crippen LogP contribution in [0, 0.1) is 11.8 Å². The minimum absolute atomic E-state index is 0.635. The van der Waals surface area contributed by atoms with Crippen molar-refractivity contribution in [3.8, 4) is 11.8 Å². The molecule has 0 saturated heterocycles. The van der Waals surface area contributed by atoms with Gasteiger partial charge in [0.2, 0.25) is 0 Å². The molecule has 0 aliphatic rings. The van der Waals surface area contributed by atoms with Gasteiger partial charge in [-0.05, 0) is 25.2 Å². The molecule has 0 heterocycles. The summed E-state index contributed by atoms with van der Waals surface area (Å²) in [5.41, 5.74) is 0.147. The van der Waals surface area contributed by atoms with Gasteiger partial charge in [-0.25, -0.2) is 0 Å². The first-order chi connectivity index (χ1) is 11.1. The zero-order valence-electron chi connectivity index (χ0n) is 13.6. The van der Waals surface area contributed by atoms with Crippen molar-refractivity contribution in [3.05, 3.63) is 70.7 Å². The van der Waals surface area contributed by atoms with Crippen molar-refractivity contribution in [2.45, 2.75) is 19.4 Å². The summed E-state index contributed by atoms with van der Waals surface area (Å²) in [4.78, 5) is 2.21. The molecule has 1 N–H and O–H groups in total. The maximum absolute atomic E-state index is 11.3. The van der Waals surface area contributed by atoms with E-state index in [4.69, 9.17) is 11.6 Å². The normalized spacial score (nSPS) is 13.3. The van der Waals surface area contributed by atoms with Gasteiger partial charge in [0, 0.05) is 16.1 Å². The van der Waals surface area contributed by atoms with Crippen molar-refractivity contribution in [3.63, 3.8) is 0 Å². The summed E-state index contributed by atoms with van der Waals surface area (Å²) in [7, 11) is 0. The van der Waals surface area contributed by atoms with Crippen LogP contribution < -0.4 is 0 Å². The molecule has 0 bridgehead atoms. The van der Waals surface area contributed by atoms with Gasteiger partial charge >= 0.3 is 0 Å². The van der Waals surface area contributed by atoms with E-state index in [1.54, 1.807) is 12.1 Å². The molecular formula is C20H22ClNO. The van der Waals surface area contributed by atoms with Crippen molar-refractivity contribution in [1.82, 2.24) is 4.90 Å². The first kappa shape index (κ1) is 17.6. The molecule has 23 heavy (non-hydrogen) atoms. The molecular weight excluding hydrogens is 306 g/mol. The van der Waals surface area contributed by atoms with E-state index in [1.165, 1.54) is 0 Å². The average Bonchev–Trinajstić information content (AvgIpc) is 2.60. The summed E-state index contributed by atoms with van der Waals surface area (Å²) in [6.07, 6.45) is 0. The van der Waals surface area contributed by atoms with E-state index in [0.717, 1.165) is 24.2 Å². The molecule has 0 radical (unpaired) electrons. The number of halogens is 1. The van der Waals surface area contributed by atoms with Crippen LogP contribution in [0.3, 0.4) is 0 Å². The van der Waals surface area contributed by atoms with Gasteiger partial charge in [0.1, 0.15) is 0 Å². The molecule has 3 heteroatoms. The fourth-order valence-corrected chi connectivity index (χ4v) is 2.53. The number of aliphatic hydroxyl groups is 1. The van der Waals surface area contributed by atoms with E-state index in [0.29, 0.717) is 11.6 Å². The van der Waals surface area contributed by atoms with Crippen molar-refractivity contribution in [2.24, 2.45) is 0 Å². The van der Waals surface area contributed by atoms with Gasteiger partial charge in [0.25, 0.3) is 0 Å².